The van der Waals surface area contributed by atoms with Crippen LogP contribution in [0, 0.1) is 12.8 Å². The maximum atomic E-state index is 10.6. The number of thioether (sulfide) groups is 1. The monoisotopic (exact) mass is 269 g/mol. The Hall–Kier alpha value is -1.04. The minimum Gasteiger partial charge on any atom is -0.481 e. The molecule has 1 aromatic rings. The van der Waals surface area contributed by atoms with Gasteiger partial charge in [0.25, 0.3) is 0 Å². The molecule has 0 bridgehead atoms. The molecule has 1 atom stereocenters. The first-order chi connectivity index (χ1) is 8.59. The standard InChI is InChI=1S/C12H19N3O2S/c1-8(10-5-3-4-6-10)15-9(2)13-14-12(15)18-7-11(16)17/h8,10H,3-7H2,1-2H3,(H,16,17). The van der Waals surface area contributed by atoms with Crippen molar-refractivity contribution >= 4 is 17.7 Å². The van der Waals surface area contributed by atoms with Crippen molar-refractivity contribution in [3.63, 3.8) is 0 Å². The number of rotatable bonds is 5. The highest BCUT2D eigenvalue weighted by Crippen LogP contribution is 2.36. The van der Waals surface area contributed by atoms with Gasteiger partial charge in [-0.05, 0) is 32.6 Å². The lowest BCUT2D eigenvalue weighted by Gasteiger charge is -2.22. The van der Waals surface area contributed by atoms with E-state index in [0.29, 0.717) is 12.0 Å². The first-order valence-corrected chi connectivity index (χ1v) is 7.34. The molecule has 0 amide bonds. The van der Waals surface area contributed by atoms with Crippen LogP contribution in [0.15, 0.2) is 5.16 Å². The summed E-state index contributed by atoms with van der Waals surface area (Å²) in [5.41, 5.74) is 0. The lowest BCUT2D eigenvalue weighted by molar-refractivity contribution is -0.133. The summed E-state index contributed by atoms with van der Waals surface area (Å²) in [6.07, 6.45) is 5.10. The number of carboxylic acids is 1. The van der Waals surface area contributed by atoms with E-state index in [1.54, 1.807) is 0 Å². The maximum absolute atomic E-state index is 10.6. The highest BCUT2D eigenvalue weighted by molar-refractivity contribution is 7.99. The smallest absolute Gasteiger partial charge is 0.313 e. The van der Waals surface area contributed by atoms with E-state index in [9.17, 15) is 4.79 Å². The van der Waals surface area contributed by atoms with Crippen molar-refractivity contribution in [1.82, 2.24) is 14.8 Å². The average Bonchev–Trinajstić information content (AvgIpc) is 2.94. The first-order valence-electron chi connectivity index (χ1n) is 6.35. The minimum absolute atomic E-state index is 0.0372. The fraction of sp³-hybridized carbons (Fsp3) is 0.750. The van der Waals surface area contributed by atoms with Gasteiger partial charge < -0.3 is 9.67 Å². The summed E-state index contributed by atoms with van der Waals surface area (Å²) < 4.78 is 2.10. The number of aromatic nitrogens is 3. The molecule has 0 spiro atoms. The van der Waals surface area contributed by atoms with Crippen LogP contribution in [0.2, 0.25) is 0 Å². The Kier molecular flexibility index (Phi) is 4.27. The number of carbonyl (C=O) groups is 1. The van der Waals surface area contributed by atoms with Crippen LogP contribution in [-0.2, 0) is 4.79 Å². The lowest BCUT2D eigenvalue weighted by Crippen LogP contribution is -2.16. The van der Waals surface area contributed by atoms with Crippen LogP contribution in [-0.4, -0.2) is 31.6 Å². The molecule has 0 saturated heterocycles. The van der Waals surface area contributed by atoms with Gasteiger partial charge in [0.15, 0.2) is 5.16 Å². The van der Waals surface area contributed by atoms with Crippen molar-refractivity contribution in [1.29, 1.82) is 0 Å². The normalized spacial score (nSPS) is 18.1. The molecule has 18 heavy (non-hydrogen) atoms. The Morgan fingerprint density at radius 3 is 2.78 bits per heavy atom. The molecule has 1 aliphatic carbocycles. The van der Waals surface area contributed by atoms with Crippen molar-refractivity contribution in [2.75, 3.05) is 5.75 Å². The van der Waals surface area contributed by atoms with Crippen LogP contribution in [0.25, 0.3) is 0 Å². The van der Waals surface area contributed by atoms with Gasteiger partial charge in [0.1, 0.15) is 5.82 Å². The van der Waals surface area contributed by atoms with Gasteiger partial charge >= 0.3 is 5.97 Å². The summed E-state index contributed by atoms with van der Waals surface area (Å²) in [5, 5.41) is 17.7. The van der Waals surface area contributed by atoms with E-state index in [0.717, 1.165) is 11.0 Å². The molecule has 0 aliphatic heterocycles. The van der Waals surface area contributed by atoms with Gasteiger partial charge in [-0.2, -0.15) is 0 Å². The number of nitrogens with zero attached hydrogens (tertiary/aromatic N) is 3. The molecular formula is C12H19N3O2S. The highest BCUT2D eigenvalue weighted by atomic mass is 32.2. The first kappa shape index (κ1) is 13.4. The molecule has 1 aromatic heterocycles. The van der Waals surface area contributed by atoms with Crippen molar-refractivity contribution in [3.05, 3.63) is 5.82 Å². The van der Waals surface area contributed by atoms with Crippen molar-refractivity contribution in [3.8, 4) is 0 Å². The molecule has 1 fully saturated rings. The molecule has 1 aliphatic rings. The molecule has 1 N–H and O–H groups in total. The molecular weight excluding hydrogens is 250 g/mol. The molecule has 0 radical (unpaired) electrons. The number of aryl methyl sites for hydroxylation is 1. The molecule has 6 heteroatoms. The van der Waals surface area contributed by atoms with Crippen molar-refractivity contribution in [2.45, 2.75) is 50.7 Å². The molecule has 0 aromatic carbocycles. The Morgan fingerprint density at radius 1 is 1.50 bits per heavy atom. The van der Waals surface area contributed by atoms with E-state index in [-0.39, 0.29) is 5.75 Å². The maximum Gasteiger partial charge on any atom is 0.313 e. The van der Waals surface area contributed by atoms with Gasteiger partial charge in [-0.1, -0.05) is 24.6 Å². The number of aliphatic carboxylic acids is 1. The third-order valence-electron chi connectivity index (χ3n) is 3.65. The Labute approximate surface area is 111 Å². The second-order valence-electron chi connectivity index (χ2n) is 4.87. The lowest BCUT2D eigenvalue weighted by atomic mass is 10.00. The van der Waals surface area contributed by atoms with E-state index in [4.69, 9.17) is 5.11 Å². The van der Waals surface area contributed by atoms with E-state index < -0.39 is 5.97 Å². The van der Waals surface area contributed by atoms with Gasteiger partial charge in [0.2, 0.25) is 0 Å². The van der Waals surface area contributed by atoms with Crippen LogP contribution in [0.4, 0.5) is 0 Å². The summed E-state index contributed by atoms with van der Waals surface area (Å²) in [4.78, 5) is 10.6. The van der Waals surface area contributed by atoms with Crippen molar-refractivity contribution in [2.24, 2.45) is 5.92 Å². The highest BCUT2D eigenvalue weighted by Gasteiger charge is 2.26. The zero-order chi connectivity index (χ0) is 13.1. The number of hydrogen-bond donors (Lipinski definition) is 1. The zero-order valence-corrected chi connectivity index (χ0v) is 11.6. The minimum atomic E-state index is -0.819. The SMILES string of the molecule is Cc1nnc(SCC(=O)O)n1C(C)C1CCCC1. The van der Waals surface area contributed by atoms with E-state index >= 15 is 0 Å². The second kappa shape index (κ2) is 5.73. The summed E-state index contributed by atoms with van der Waals surface area (Å²) in [6.45, 7) is 4.13. The molecule has 1 saturated carbocycles. The van der Waals surface area contributed by atoms with Crippen LogP contribution < -0.4 is 0 Å². The van der Waals surface area contributed by atoms with Crippen LogP contribution in [0.5, 0.6) is 0 Å². The Balaban J connectivity index is 2.14. The molecule has 2 rings (SSSR count). The summed E-state index contributed by atoms with van der Waals surface area (Å²) in [6, 6.07) is 0.360. The molecule has 100 valence electrons. The summed E-state index contributed by atoms with van der Waals surface area (Å²) in [5.74, 6) is 0.766. The van der Waals surface area contributed by atoms with Crippen molar-refractivity contribution < 1.29 is 9.90 Å². The number of carboxylic acid groups (broad SMARTS) is 1. The summed E-state index contributed by atoms with van der Waals surface area (Å²) >= 11 is 1.25. The van der Waals surface area contributed by atoms with Gasteiger partial charge in [-0.15, -0.1) is 10.2 Å². The fourth-order valence-corrected chi connectivity index (χ4v) is 3.48. The second-order valence-corrected chi connectivity index (χ2v) is 5.81. The molecule has 1 heterocycles. The Morgan fingerprint density at radius 2 is 2.17 bits per heavy atom. The Bertz CT molecular complexity index is 427. The van der Waals surface area contributed by atoms with Crippen LogP contribution in [0.3, 0.4) is 0 Å². The largest absolute Gasteiger partial charge is 0.481 e. The van der Waals surface area contributed by atoms with Gasteiger partial charge in [0.05, 0.1) is 5.75 Å². The molecule has 1 unspecified atom stereocenters. The van der Waals surface area contributed by atoms with E-state index in [2.05, 4.69) is 21.7 Å². The quantitative estimate of drug-likeness (QED) is 0.832. The topological polar surface area (TPSA) is 68.0 Å². The average molecular weight is 269 g/mol. The van der Waals surface area contributed by atoms with E-state index in [1.165, 1.54) is 37.4 Å². The van der Waals surface area contributed by atoms with Gasteiger partial charge in [0, 0.05) is 6.04 Å². The van der Waals surface area contributed by atoms with Gasteiger partial charge in [-0.3, -0.25) is 4.79 Å². The fourth-order valence-electron chi connectivity index (χ4n) is 2.69. The van der Waals surface area contributed by atoms with Crippen LogP contribution in [0.1, 0.15) is 44.5 Å². The zero-order valence-electron chi connectivity index (χ0n) is 10.8. The predicted octanol–water partition coefficient (Wildman–Crippen LogP) is 2.51. The summed E-state index contributed by atoms with van der Waals surface area (Å²) in [7, 11) is 0. The van der Waals surface area contributed by atoms with Gasteiger partial charge in [-0.25, -0.2) is 0 Å². The third-order valence-corrected chi connectivity index (χ3v) is 4.58. The van der Waals surface area contributed by atoms with E-state index in [1.807, 2.05) is 6.92 Å². The number of hydrogen-bond acceptors (Lipinski definition) is 4. The van der Waals surface area contributed by atoms with Crippen LogP contribution >= 0.6 is 11.8 Å². The third kappa shape index (κ3) is 2.85. The molecule has 5 nitrogen and oxygen atoms in total. The predicted molar refractivity (Wildman–Crippen MR) is 69.8 cm³/mol.